The SMILES string of the molecule is CCCCCCCCCCCCCC(=O)OCC(COP(=O)(OCc1ccccc1)OCC(O)COP(=O)(OCc1ccccc1)OCC(COC(=O)CCCCCCCCCCCCC)OC(=O)CCCCCCCCCCCCC)OC(=O)CCCCCCCCCCCCC. The van der Waals surface area contributed by atoms with Gasteiger partial charge in [0.05, 0.1) is 39.6 Å². The second-order valence-electron chi connectivity index (χ2n) is 27.0. The molecule has 0 amide bonds. The van der Waals surface area contributed by atoms with E-state index in [9.17, 15) is 33.4 Å². The third kappa shape index (κ3) is 55.2. The van der Waals surface area contributed by atoms with Crippen molar-refractivity contribution in [3.63, 3.8) is 0 Å². The van der Waals surface area contributed by atoms with Crippen LogP contribution in [0.1, 0.15) is 347 Å². The fraction of sp³-hybridized carbons (Fsp3) is 0.797. The number of aliphatic hydroxyl groups is 1. The Morgan fingerprint density at radius 2 is 0.520 bits per heavy atom. The first kappa shape index (κ1) is 90.6. The van der Waals surface area contributed by atoms with Gasteiger partial charge in [0, 0.05) is 25.7 Å². The van der Waals surface area contributed by atoms with E-state index >= 15 is 0 Å². The van der Waals surface area contributed by atoms with Gasteiger partial charge in [-0.05, 0) is 36.8 Å². The van der Waals surface area contributed by atoms with Crippen LogP contribution in [-0.4, -0.2) is 86.9 Å². The van der Waals surface area contributed by atoms with Crippen molar-refractivity contribution in [2.24, 2.45) is 0 Å². The number of rotatable bonds is 72. The molecular weight excluding hydrogens is 1280 g/mol. The van der Waals surface area contributed by atoms with Gasteiger partial charge >= 0.3 is 39.5 Å². The molecule has 1 N–H and O–H groups in total. The first-order valence-corrected chi connectivity index (χ1v) is 42.3. The molecule has 4 unspecified atom stereocenters. The van der Waals surface area contributed by atoms with E-state index in [0.29, 0.717) is 36.8 Å². The average molecular weight is 1420 g/mol. The summed E-state index contributed by atoms with van der Waals surface area (Å²) in [5, 5.41) is 11.4. The summed E-state index contributed by atoms with van der Waals surface area (Å²) in [5.74, 6) is -1.95. The number of benzene rings is 2. The number of carbonyl (C=O) groups is 4. The smallest absolute Gasteiger partial charge is 0.462 e. The molecule has 566 valence electrons. The minimum absolute atomic E-state index is 0.131. The third-order valence-electron chi connectivity index (χ3n) is 17.5. The van der Waals surface area contributed by atoms with E-state index in [2.05, 4.69) is 27.7 Å². The van der Waals surface area contributed by atoms with Gasteiger partial charge in [-0.3, -0.25) is 46.3 Å². The topological polar surface area (TPSA) is 215 Å². The van der Waals surface area contributed by atoms with Crippen LogP contribution in [0.15, 0.2) is 60.7 Å². The molecule has 0 aliphatic heterocycles. The Hall–Kier alpha value is -3.50. The largest absolute Gasteiger partial charge is 0.475 e. The zero-order valence-corrected chi connectivity index (χ0v) is 63.8. The van der Waals surface area contributed by atoms with Crippen molar-refractivity contribution in [2.45, 2.75) is 367 Å². The Labute approximate surface area is 595 Å². The van der Waals surface area contributed by atoms with Gasteiger partial charge in [0.2, 0.25) is 0 Å². The second-order valence-corrected chi connectivity index (χ2v) is 30.3. The van der Waals surface area contributed by atoms with Gasteiger partial charge in [-0.15, -0.1) is 0 Å². The van der Waals surface area contributed by atoms with E-state index in [0.717, 1.165) is 89.9 Å². The van der Waals surface area contributed by atoms with E-state index in [4.69, 9.17) is 46.1 Å². The molecule has 0 aliphatic rings. The summed E-state index contributed by atoms with van der Waals surface area (Å²) in [6, 6.07) is 17.8. The van der Waals surface area contributed by atoms with Crippen molar-refractivity contribution in [1.29, 1.82) is 0 Å². The molecule has 19 heteroatoms. The predicted molar refractivity (Wildman–Crippen MR) is 393 cm³/mol. The van der Waals surface area contributed by atoms with E-state index in [1.54, 1.807) is 48.5 Å². The summed E-state index contributed by atoms with van der Waals surface area (Å²) in [6.07, 6.45) is 46.1. The number of phosphoric ester groups is 2. The summed E-state index contributed by atoms with van der Waals surface area (Å²) in [5.41, 5.74) is 1.25. The number of phosphoric acid groups is 2. The molecule has 0 aliphatic carbocycles. The number of carbonyl (C=O) groups excluding carboxylic acids is 4. The van der Waals surface area contributed by atoms with Crippen LogP contribution in [0.5, 0.6) is 0 Å². The van der Waals surface area contributed by atoms with Crippen molar-refractivity contribution in [1.82, 2.24) is 0 Å². The van der Waals surface area contributed by atoms with E-state index in [1.807, 2.05) is 12.1 Å². The van der Waals surface area contributed by atoms with Gasteiger partial charge in [-0.1, -0.05) is 345 Å². The first-order chi connectivity index (χ1) is 47.8. The predicted octanol–water partition coefficient (Wildman–Crippen LogP) is 22.8. The number of hydrogen-bond donors (Lipinski definition) is 1. The molecule has 17 nitrogen and oxygen atoms in total. The van der Waals surface area contributed by atoms with Crippen LogP contribution in [0, 0.1) is 0 Å². The van der Waals surface area contributed by atoms with Crippen molar-refractivity contribution in [2.75, 3.05) is 39.6 Å². The molecule has 0 bridgehead atoms. The molecule has 2 rings (SSSR count). The highest BCUT2D eigenvalue weighted by Crippen LogP contribution is 2.52. The van der Waals surface area contributed by atoms with Gasteiger partial charge in [0.25, 0.3) is 0 Å². The lowest BCUT2D eigenvalue weighted by atomic mass is 10.1. The number of unbranched alkanes of at least 4 members (excludes halogenated alkanes) is 40. The minimum atomic E-state index is -4.66. The molecule has 0 saturated carbocycles. The Balaban J connectivity index is 2.21. The fourth-order valence-corrected chi connectivity index (χ4v) is 13.9. The lowest BCUT2D eigenvalue weighted by molar-refractivity contribution is -0.161. The summed E-state index contributed by atoms with van der Waals surface area (Å²) < 4.78 is 87.2. The van der Waals surface area contributed by atoms with Crippen molar-refractivity contribution in [3.8, 4) is 0 Å². The zero-order chi connectivity index (χ0) is 70.9. The van der Waals surface area contributed by atoms with Crippen LogP contribution in [0.4, 0.5) is 0 Å². The number of aliphatic hydroxyl groups excluding tert-OH is 1. The average Bonchev–Trinajstić information content (AvgIpc) is 1.32. The van der Waals surface area contributed by atoms with Crippen LogP contribution >= 0.6 is 15.6 Å². The highest BCUT2D eigenvalue weighted by Gasteiger charge is 2.34. The van der Waals surface area contributed by atoms with E-state index < -0.39 is 84.3 Å². The van der Waals surface area contributed by atoms with Gasteiger partial charge in [0.1, 0.15) is 19.3 Å². The highest BCUT2D eigenvalue weighted by atomic mass is 31.2. The molecule has 0 spiro atoms. The lowest BCUT2D eigenvalue weighted by Crippen LogP contribution is -2.30. The molecule has 98 heavy (non-hydrogen) atoms. The molecule has 0 heterocycles. The van der Waals surface area contributed by atoms with Crippen LogP contribution < -0.4 is 0 Å². The van der Waals surface area contributed by atoms with E-state index in [1.165, 1.54) is 167 Å². The maximum atomic E-state index is 14.6. The Bertz CT molecular complexity index is 2120. The molecule has 0 aromatic heterocycles. The van der Waals surface area contributed by atoms with Gasteiger partial charge in [-0.2, -0.15) is 0 Å². The fourth-order valence-electron chi connectivity index (χ4n) is 11.4. The molecule has 2 aromatic rings. The van der Waals surface area contributed by atoms with Gasteiger partial charge in [-0.25, -0.2) is 9.13 Å². The summed E-state index contributed by atoms with van der Waals surface area (Å²) in [6.45, 7) is 5.10. The normalized spacial score (nSPS) is 13.7. The number of ether oxygens (including phenoxy) is 4. The number of hydrogen-bond acceptors (Lipinski definition) is 17. The van der Waals surface area contributed by atoms with Crippen LogP contribution in [0.25, 0.3) is 0 Å². The number of esters is 4. The highest BCUT2D eigenvalue weighted by molar-refractivity contribution is 7.48. The molecule has 2 aromatic carbocycles. The molecular formula is C79H138O17P2. The van der Waals surface area contributed by atoms with Crippen molar-refractivity contribution in [3.05, 3.63) is 71.8 Å². The Morgan fingerprint density at radius 1 is 0.296 bits per heavy atom. The van der Waals surface area contributed by atoms with Crippen LogP contribution in [0.2, 0.25) is 0 Å². The maximum absolute atomic E-state index is 14.6. The first-order valence-electron chi connectivity index (χ1n) is 39.4. The quantitative estimate of drug-likeness (QED) is 0.0282. The van der Waals surface area contributed by atoms with Crippen LogP contribution in [-0.2, 0) is 87.6 Å². The zero-order valence-electron chi connectivity index (χ0n) is 62.0. The van der Waals surface area contributed by atoms with E-state index in [-0.39, 0.29) is 52.1 Å². The molecule has 0 fully saturated rings. The summed E-state index contributed by atoms with van der Waals surface area (Å²) in [7, 11) is -9.31. The lowest BCUT2D eigenvalue weighted by Gasteiger charge is -2.24. The summed E-state index contributed by atoms with van der Waals surface area (Å²) >= 11 is 0. The molecule has 0 radical (unpaired) electrons. The van der Waals surface area contributed by atoms with Gasteiger partial charge in [0.15, 0.2) is 12.2 Å². The Morgan fingerprint density at radius 3 is 0.776 bits per heavy atom. The monoisotopic (exact) mass is 1420 g/mol. The Kier molecular flexibility index (Phi) is 59.5. The third-order valence-corrected chi connectivity index (χ3v) is 20.3. The maximum Gasteiger partial charge on any atom is 0.475 e. The standard InChI is InChI=1S/C79H138O17P2/c1-5-9-13-17-21-25-29-33-37-41-51-59-76(81)87-67-74(95-78(83)61-53-43-39-35-31-27-23-19-15-11-7-3)69-93-97(85,89-63-71-55-47-45-48-56-71)91-65-73(80)66-92-98(86,90-64-72-57-49-46-50-58-72)94-70-75(96-79(84)62-54-44-40-36-32-28-24-20-16-12-8-4)68-88-77(82)60-52-42-38-34-30-26-22-18-14-10-6-2/h45-50,55-58,73-75,80H,5-44,51-54,59-70H2,1-4H3. The van der Waals surface area contributed by atoms with Gasteiger partial charge < -0.3 is 24.1 Å². The van der Waals surface area contributed by atoms with Crippen molar-refractivity contribution < 1.29 is 79.5 Å². The summed E-state index contributed by atoms with van der Waals surface area (Å²) in [4.78, 5) is 53.0. The second kappa shape index (κ2) is 64.3. The van der Waals surface area contributed by atoms with Crippen LogP contribution in [0.3, 0.4) is 0 Å². The molecule has 4 atom stereocenters. The minimum Gasteiger partial charge on any atom is -0.462 e. The molecule has 0 saturated heterocycles. The van der Waals surface area contributed by atoms with Crippen molar-refractivity contribution >= 4 is 39.5 Å².